The van der Waals surface area contributed by atoms with Crippen LogP contribution in [0.4, 0.5) is 11.4 Å². The number of amides is 2. The topological polar surface area (TPSA) is 166 Å². The predicted octanol–water partition coefficient (Wildman–Crippen LogP) is 6.98. The minimum Gasteiger partial charge on any atom is -0.493 e. The maximum Gasteiger partial charge on any atom is 0.339 e. The number of esters is 2. The molecule has 0 aliphatic heterocycles. The van der Waals surface area contributed by atoms with Crippen molar-refractivity contribution in [2.75, 3.05) is 67.5 Å². The Balaban J connectivity index is 1.50. The monoisotopic (exact) mass is 770 g/mol. The molecule has 0 radical (unpaired) electrons. The van der Waals surface area contributed by atoms with Gasteiger partial charge in [-0.15, -0.1) is 11.3 Å². The lowest BCUT2D eigenvalue weighted by Gasteiger charge is -2.14. The van der Waals surface area contributed by atoms with Crippen LogP contribution in [0.25, 0.3) is 32.3 Å². The molecule has 0 bridgehead atoms. The van der Waals surface area contributed by atoms with E-state index in [1.54, 1.807) is 48.5 Å². The van der Waals surface area contributed by atoms with Crippen molar-refractivity contribution >= 4 is 78.8 Å². The Labute approximate surface area is 320 Å². The molecule has 0 saturated heterocycles. The van der Waals surface area contributed by atoms with Crippen LogP contribution >= 0.6 is 11.3 Å². The van der Waals surface area contributed by atoms with E-state index in [-0.39, 0.29) is 22.5 Å². The Hall–Kier alpha value is -6.74. The second-order valence-electron chi connectivity index (χ2n) is 11.4. The van der Waals surface area contributed by atoms with Gasteiger partial charge < -0.3 is 48.5 Å². The molecule has 286 valence electrons. The van der Waals surface area contributed by atoms with Gasteiger partial charge in [-0.05, 0) is 60.7 Å². The van der Waals surface area contributed by atoms with Crippen molar-refractivity contribution in [1.29, 1.82) is 0 Å². The van der Waals surface area contributed by atoms with E-state index in [1.165, 1.54) is 92.5 Å². The first-order valence-corrected chi connectivity index (χ1v) is 17.1. The summed E-state index contributed by atoms with van der Waals surface area (Å²) in [6, 6.07) is 13.2. The fourth-order valence-corrected chi connectivity index (χ4v) is 6.97. The first-order chi connectivity index (χ1) is 26.5. The zero-order valence-electron chi connectivity index (χ0n) is 31.2. The lowest BCUT2D eigenvalue weighted by atomic mass is 10.0. The van der Waals surface area contributed by atoms with Crippen LogP contribution in [0.3, 0.4) is 0 Å². The Bertz CT molecular complexity index is 2200. The van der Waals surface area contributed by atoms with Gasteiger partial charge in [0, 0.05) is 43.5 Å². The van der Waals surface area contributed by atoms with Crippen LogP contribution in [0.5, 0.6) is 34.5 Å². The van der Waals surface area contributed by atoms with Crippen molar-refractivity contribution in [3.63, 3.8) is 0 Å². The maximum atomic E-state index is 13.2. The van der Waals surface area contributed by atoms with Gasteiger partial charge in [-0.1, -0.05) is 0 Å². The molecule has 5 aromatic rings. The van der Waals surface area contributed by atoms with Gasteiger partial charge >= 0.3 is 11.9 Å². The zero-order chi connectivity index (χ0) is 39.8. The van der Waals surface area contributed by atoms with Crippen LogP contribution in [-0.2, 0) is 19.1 Å². The number of thiophene rings is 1. The first kappa shape index (κ1) is 39.5. The van der Waals surface area contributed by atoms with E-state index in [2.05, 4.69) is 10.6 Å². The highest BCUT2D eigenvalue weighted by molar-refractivity contribution is 7.25. The predicted molar refractivity (Wildman–Crippen MR) is 210 cm³/mol. The Morgan fingerprint density at radius 2 is 0.891 bits per heavy atom. The van der Waals surface area contributed by atoms with Gasteiger partial charge in [0.2, 0.25) is 23.3 Å². The molecule has 0 atom stereocenters. The molecule has 0 fully saturated rings. The summed E-state index contributed by atoms with van der Waals surface area (Å²) in [5.41, 5.74) is 1.63. The van der Waals surface area contributed by atoms with E-state index >= 15 is 0 Å². The molecule has 0 spiro atoms. The maximum absolute atomic E-state index is 13.2. The smallest absolute Gasteiger partial charge is 0.339 e. The molecule has 0 unspecified atom stereocenters. The number of hydrogen-bond acceptors (Lipinski definition) is 13. The second kappa shape index (κ2) is 17.4. The van der Waals surface area contributed by atoms with Crippen LogP contribution in [0.2, 0.25) is 0 Å². The molecule has 0 aliphatic carbocycles. The first-order valence-electron chi connectivity index (χ1n) is 16.3. The highest BCUT2D eigenvalue weighted by Crippen LogP contribution is 2.42. The number of methoxy groups -OCH3 is 8. The van der Waals surface area contributed by atoms with Crippen LogP contribution in [0.15, 0.2) is 60.7 Å². The average Bonchev–Trinajstić information content (AvgIpc) is 3.55. The number of nitrogens with one attached hydrogen (secondary N) is 2. The largest absolute Gasteiger partial charge is 0.493 e. The molecular formula is C40H38N2O12S. The van der Waals surface area contributed by atoms with Crippen LogP contribution in [-0.4, -0.2) is 80.6 Å². The van der Waals surface area contributed by atoms with Gasteiger partial charge in [0.05, 0.1) is 79.4 Å². The van der Waals surface area contributed by atoms with Crippen molar-refractivity contribution in [3.8, 4) is 34.5 Å². The highest BCUT2D eigenvalue weighted by Gasteiger charge is 2.22. The fourth-order valence-electron chi connectivity index (χ4n) is 5.82. The normalized spacial score (nSPS) is 11.1. The van der Waals surface area contributed by atoms with Crippen molar-refractivity contribution in [3.05, 3.63) is 82.9 Å². The minimum absolute atomic E-state index is 0.0767. The average molecular weight is 771 g/mol. The molecule has 1 heterocycles. The third kappa shape index (κ3) is 8.11. The number of rotatable bonds is 14. The summed E-state index contributed by atoms with van der Waals surface area (Å²) in [4.78, 5) is 52.4. The Morgan fingerprint density at radius 1 is 0.509 bits per heavy atom. The molecule has 14 nitrogen and oxygen atoms in total. The number of fused-ring (bicyclic) bond motifs is 3. The molecule has 0 saturated carbocycles. The van der Waals surface area contributed by atoms with E-state index in [4.69, 9.17) is 37.9 Å². The van der Waals surface area contributed by atoms with E-state index < -0.39 is 23.8 Å². The molecule has 0 aliphatic rings. The summed E-state index contributed by atoms with van der Waals surface area (Å²) < 4.78 is 43.9. The summed E-state index contributed by atoms with van der Waals surface area (Å²) in [5.74, 6) is -0.114. The van der Waals surface area contributed by atoms with Gasteiger partial charge in [-0.3, -0.25) is 9.59 Å². The number of carbonyl (C=O) groups is 4. The SMILES string of the molecule is COC(=O)c1cc2c(cc1NC(=O)C=Cc1ccc(OC)c(OC)c1OC)sc1cc(NC(=O)C=Cc3ccc(OC)c(OC)c3OC)c(C(=O)OC)cc12. The molecule has 2 N–H and O–H groups in total. The van der Waals surface area contributed by atoms with Crippen molar-refractivity contribution in [2.45, 2.75) is 0 Å². The third-order valence-corrected chi connectivity index (χ3v) is 9.49. The molecule has 4 aromatic carbocycles. The molecule has 2 amide bonds. The third-order valence-electron chi connectivity index (χ3n) is 8.37. The number of anilines is 2. The van der Waals surface area contributed by atoms with E-state index in [1.807, 2.05) is 0 Å². The van der Waals surface area contributed by atoms with E-state index in [9.17, 15) is 19.2 Å². The highest BCUT2D eigenvalue weighted by atomic mass is 32.1. The molecule has 55 heavy (non-hydrogen) atoms. The van der Waals surface area contributed by atoms with Gasteiger partial charge in [0.25, 0.3) is 0 Å². The van der Waals surface area contributed by atoms with Crippen LogP contribution in [0, 0.1) is 0 Å². The summed E-state index contributed by atoms with van der Waals surface area (Å²) in [7, 11) is 11.4. The Morgan fingerprint density at radius 3 is 1.22 bits per heavy atom. The lowest BCUT2D eigenvalue weighted by Crippen LogP contribution is -2.13. The van der Waals surface area contributed by atoms with Crippen molar-refractivity contribution in [1.82, 2.24) is 0 Å². The second-order valence-corrected chi connectivity index (χ2v) is 12.4. The van der Waals surface area contributed by atoms with Gasteiger partial charge in [-0.25, -0.2) is 9.59 Å². The number of hydrogen-bond donors (Lipinski definition) is 2. The molecule has 5 rings (SSSR count). The Kier molecular flexibility index (Phi) is 12.5. The van der Waals surface area contributed by atoms with E-state index in [0.717, 1.165) is 0 Å². The quantitative estimate of drug-likeness (QED) is 0.0880. The fraction of sp³-hybridized carbons (Fsp3) is 0.200. The van der Waals surface area contributed by atoms with Gasteiger partial charge in [0.1, 0.15) is 0 Å². The van der Waals surface area contributed by atoms with Crippen molar-refractivity contribution < 1.29 is 57.1 Å². The standard InChI is InChI=1S/C40H38N2O12S/c1-47-29-13-9-21(35(49-3)37(29)51-5)11-15-33(43)41-27-19-31-23(17-25(27)39(45)53-7)24-18-26(40(46)54-8)28(20-32(24)55-31)42-34(44)16-12-22-10-14-30(48-2)38(52-6)36(22)50-4/h9-20H,1-8H3,(H,41,43)(H,42,44). The van der Waals surface area contributed by atoms with Crippen LogP contribution in [0.1, 0.15) is 31.8 Å². The minimum atomic E-state index is -0.697. The van der Waals surface area contributed by atoms with Gasteiger partial charge in [-0.2, -0.15) is 0 Å². The molecule has 15 heteroatoms. The van der Waals surface area contributed by atoms with Crippen molar-refractivity contribution in [2.24, 2.45) is 0 Å². The lowest BCUT2D eigenvalue weighted by molar-refractivity contribution is -0.112. The summed E-state index contributed by atoms with van der Waals surface area (Å²) in [6.45, 7) is 0. The van der Waals surface area contributed by atoms with Crippen LogP contribution < -0.4 is 39.1 Å². The van der Waals surface area contributed by atoms with Gasteiger partial charge in [0.15, 0.2) is 23.0 Å². The number of carbonyl (C=O) groups excluding carboxylic acids is 4. The molecular weight excluding hydrogens is 733 g/mol. The number of benzene rings is 4. The zero-order valence-corrected chi connectivity index (χ0v) is 32.1. The molecule has 1 aromatic heterocycles. The number of ether oxygens (including phenoxy) is 8. The summed E-state index contributed by atoms with van der Waals surface area (Å²) >= 11 is 1.32. The summed E-state index contributed by atoms with van der Waals surface area (Å²) in [6.07, 6.45) is 5.64. The summed E-state index contributed by atoms with van der Waals surface area (Å²) in [5, 5.41) is 6.74. The van der Waals surface area contributed by atoms with E-state index in [0.29, 0.717) is 65.8 Å².